The second kappa shape index (κ2) is 9.90. The first-order valence-corrected chi connectivity index (χ1v) is 10.4. The van der Waals surface area contributed by atoms with Gasteiger partial charge >= 0.3 is 6.36 Å². The lowest BCUT2D eigenvalue weighted by Crippen LogP contribution is -2.28. The number of nitrogens with zero attached hydrogens (tertiary/aromatic N) is 1. The molecule has 0 spiro atoms. The molecule has 32 heavy (non-hydrogen) atoms. The normalized spacial score (nSPS) is 12.2. The van der Waals surface area contributed by atoms with Crippen molar-refractivity contribution in [2.75, 3.05) is 14.2 Å². The number of benzene rings is 2. The SMILES string of the molecule is COc1ccc(-c2nc(CC(=O)NC(C)c3ccc(OC(F)(F)F)cc3)cs2)cc1OC. The summed E-state index contributed by atoms with van der Waals surface area (Å²) >= 11 is 1.41. The predicted octanol–water partition coefficient (Wildman–Crippen LogP) is 5.15. The Morgan fingerprint density at radius 3 is 2.41 bits per heavy atom. The van der Waals surface area contributed by atoms with Gasteiger partial charge in [-0.3, -0.25) is 4.79 Å². The number of hydrogen-bond donors (Lipinski definition) is 1. The Bertz CT molecular complexity index is 1070. The van der Waals surface area contributed by atoms with E-state index < -0.39 is 12.4 Å². The number of aromatic nitrogens is 1. The second-order valence-corrected chi connectivity index (χ2v) is 7.65. The Kier molecular flexibility index (Phi) is 7.24. The van der Waals surface area contributed by atoms with E-state index in [9.17, 15) is 18.0 Å². The van der Waals surface area contributed by atoms with Crippen LogP contribution in [0.15, 0.2) is 47.8 Å². The minimum Gasteiger partial charge on any atom is -0.493 e. The zero-order valence-corrected chi connectivity index (χ0v) is 18.3. The van der Waals surface area contributed by atoms with Crippen molar-refractivity contribution in [3.63, 3.8) is 0 Å². The van der Waals surface area contributed by atoms with Crippen molar-refractivity contribution < 1.29 is 32.2 Å². The largest absolute Gasteiger partial charge is 0.573 e. The highest BCUT2D eigenvalue weighted by Crippen LogP contribution is 2.33. The van der Waals surface area contributed by atoms with Gasteiger partial charge in [0.05, 0.1) is 32.4 Å². The minimum absolute atomic E-state index is 0.0728. The number of rotatable bonds is 8. The molecule has 10 heteroatoms. The molecule has 0 saturated heterocycles. The van der Waals surface area contributed by atoms with Crippen LogP contribution in [-0.4, -0.2) is 31.5 Å². The first-order chi connectivity index (χ1) is 15.2. The van der Waals surface area contributed by atoms with Crippen LogP contribution in [0, 0.1) is 0 Å². The molecule has 1 heterocycles. The van der Waals surface area contributed by atoms with E-state index in [1.807, 2.05) is 12.1 Å². The van der Waals surface area contributed by atoms with Gasteiger partial charge in [-0.1, -0.05) is 12.1 Å². The molecule has 0 fully saturated rings. The smallest absolute Gasteiger partial charge is 0.493 e. The van der Waals surface area contributed by atoms with Gasteiger partial charge in [-0.2, -0.15) is 0 Å². The number of nitrogens with one attached hydrogen (secondary N) is 1. The molecule has 1 atom stereocenters. The van der Waals surface area contributed by atoms with E-state index in [2.05, 4.69) is 15.0 Å². The van der Waals surface area contributed by atoms with Crippen molar-refractivity contribution in [3.8, 4) is 27.8 Å². The van der Waals surface area contributed by atoms with E-state index in [0.717, 1.165) is 10.6 Å². The molecule has 2 aromatic carbocycles. The summed E-state index contributed by atoms with van der Waals surface area (Å²) in [5.74, 6) is 0.626. The van der Waals surface area contributed by atoms with E-state index in [1.165, 1.54) is 35.6 Å². The molecule has 1 amide bonds. The summed E-state index contributed by atoms with van der Waals surface area (Å²) in [7, 11) is 3.11. The first kappa shape index (κ1) is 23.4. The Hall–Kier alpha value is -3.27. The number of halogens is 3. The van der Waals surface area contributed by atoms with Crippen LogP contribution >= 0.6 is 11.3 Å². The van der Waals surface area contributed by atoms with Crippen LogP contribution in [0.4, 0.5) is 13.2 Å². The number of ether oxygens (including phenoxy) is 3. The molecule has 0 bridgehead atoms. The lowest BCUT2D eigenvalue weighted by atomic mass is 10.1. The number of thiazole rings is 1. The quantitative estimate of drug-likeness (QED) is 0.498. The van der Waals surface area contributed by atoms with E-state index in [0.29, 0.717) is 22.8 Å². The number of alkyl halides is 3. The number of amides is 1. The molecule has 0 radical (unpaired) electrons. The van der Waals surface area contributed by atoms with Gasteiger partial charge in [0.15, 0.2) is 11.5 Å². The molecule has 0 aliphatic heterocycles. The van der Waals surface area contributed by atoms with E-state index >= 15 is 0 Å². The Labute approximate surface area is 187 Å². The lowest BCUT2D eigenvalue weighted by Gasteiger charge is -2.15. The number of hydrogen-bond acceptors (Lipinski definition) is 6. The molecule has 3 rings (SSSR count). The van der Waals surface area contributed by atoms with Crippen LogP contribution in [-0.2, 0) is 11.2 Å². The molecule has 0 aliphatic carbocycles. The highest BCUT2D eigenvalue weighted by molar-refractivity contribution is 7.13. The zero-order valence-electron chi connectivity index (χ0n) is 17.5. The number of carbonyl (C=O) groups is 1. The van der Waals surface area contributed by atoms with Crippen LogP contribution in [0.1, 0.15) is 24.2 Å². The van der Waals surface area contributed by atoms with Crippen molar-refractivity contribution in [3.05, 3.63) is 59.1 Å². The summed E-state index contributed by atoms with van der Waals surface area (Å²) in [6.07, 6.45) is -4.67. The fourth-order valence-electron chi connectivity index (χ4n) is 2.99. The average molecular weight is 466 g/mol. The maximum atomic E-state index is 12.4. The maximum Gasteiger partial charge on any atom is 0.573 e. The van der Waals surface area contributed by atoms with Crippen LogP contribution < -0.4 is 19.5 Å². The average Bonchev–Trinajstić information content (AvgIpc) is 3.20. The summed E-state index contributed by atoms with van der Waals surface area (Å²) in [4.78, 5) is 16.9. The van der Waals surface area contributed by atoms with Crippen molar-refractivity contribution in [1.29, 1.82) is 0 Å². The second-order valence-electron chi connectivity index (χ2n) is 6.80. The van der Waals surface area contributed by atoms with Crippen LogP contribution in [0.3, 0.4) is 0 Å². The van der Waals surface area contributed by atoms with Crippen LogP contribution in [0.2, 0.25) is 0 Å². The highest BCUT2D eigenvalue weighted by Gasteiger charge is 2.31. The highest BCUT2D eigenvalue weighted by atomic mass is 32.1. The van der Waals surface area contributed by atoms with Crippen molar-refractivity contribution in [2.45, 2.75) is 25.7 Å². The van der Waals surface area contributed by atoms with Gasteiger partial charge < -0.3 is 19.5 Å². The summed E-state index contributed by atoms with van der Waals surface area (Å²) in [6, 6.07) is 10.4. The van der Waals surface area contributed by atoms with E-state index in [-0.39, 0.29) is 18.1 Å². The van der Waals surface area contributed by atoms with Crippen molar-refractivity contribution in [1.82, 2.24) is 10.3 Å². The van der Waals surface area contributed by atoms with E-state index in [1.54, 1.807) is 32.6 Å². The lowest BCUT2D eigenvalue weighted by molar-refractivity contribution is -0.274. The van der Waals surface area contributed by atoms with Gasteiger partial charge in [0.1, 0.15) is 10.8 Å². The fourth-order valence-corrected chi connectivity index (χ4v) is 3.81. The van der Waals surface area contributed by atoms with Gasteiger partial charge in [-0.05, 0) is 42.8 Å². The molecule has 6 nitrogen and oxygen atoms in total. The molecular formula is C22H21F3N2O4S. The maximum absolute atomic E-state index is 12.4. The van der Waals surface area contributed by atoms with Crippen LogP contribution in [0.25, 0.3) is 10.6 Å². The van der Waals surface area contributed by atoms with Gasteiger partial charge in [0.25, 0.3) is 0 Å². The topological polar surface area (TPSA) is 69.7 Å². The third-order valence-corrected chi connectivity index (χ3v) is 5.46. The van der Waals surface area contributed by atoms with Crippen molar-refractivity contribution in [2.24, 2.45) is 0 Å². The van der Waals surface area contributed by atoms with Gasteiger partial charge in [-0.25, -0.2) is 4.98 Å². The molecule has 3 aromatic rings. The third-order valence-electron chi connectivity index (χ3n) is 4.52. The fraction of sp³-hybridized carbons (Fsp3) is 0.273. The van der Waals surface area contributed by atoms with Gasteiger partial charge in [0.2, 0.25) is 5.91 Å². The molecule has 1 unspecified atom stereocenters. The number of methoxy groups -OCH3 is 2. The van der Waals surface area contributed by atoms with Crippen molar-refractivity contribution >= 4 is 17.2 Å². The summed E-state index contributed by atoms with van der Waals surface area (Å²) in [6.45, 7) is 1.74. The summed E-state index contributed by atoms with van der Waals surface area (Å²) < 4.78 is 51.2. The van der Waals surface area contributed by atoms with Gasteiger partial charge in [-0.15, -0.1) is 24.5 Å². The van der Waals surface area contributed by atoms with E-state index in [4.69, 9.17) is 9.47 Å². The number of carbonyl (C=O) groups excluding carboxylic acids is 1. The Morgan fingerprint density at radius 2 is 1.78 bits per heavy atom. The third kappa shape index (κ3) is 6.13. The molecular weight excluding hydrogens is 445 g/mol. The summed E-state index contributed by atoms with van der Waals surface area (Å²) in [5.41, 5.74) is 2.10. The molecule has 170 valence electrons. The molecule has 1 N–H and O–H groups in total. The summed E-state index contributed by atoms with van der Waals surface area (Å²) in [5, 5.41) is 5.36. The Morgan fingerprint density at radius 1 is 1.09 bits per heavy atom. The minimum atomic E-state index is -4.75. The monoisotopic (exact) mass is 466 g/mol. The molecule has 0 saturated carbocycles. The van der Waals surface area contributed by atoms with Crippen LogP contribution in [0.5, 0.6) is 17.2 Å². The molecule has 0 aliphatic rings. The Balaban J connectivity index is 1.60. The van der Waals surface area contributed by atoms with Gasteiger partial charge in [0, 0.05) is 10.9 Å². The molecule has 1 aromatic heterocycles. The first-order valence-electron chi connectivity index (χ1n) is 9.50. The zero-order chi connectivity index (χ0) is 23.3. The standard InChI is InChI=1S/C22H21F3N2O4S/c1-13(14-4-7-17(8-5-14)31-22(23,24)25)26-20(28)11-16-12-32-21(27-16)15-6-9-18(29-2)19(10-15)30-3/h4-10,12-13H,11H2,1-3H3,(H,26,28). The predicted molar refractivity (Wildman–Crippen MR) is 114 cm³/mol.